The largest absolute Gasteiger partial charge is 0.339 e. The molecule has 11 heteroatoms. The molecule has 4 nitrogen and oxygen atoms in total. The molecule has 1 unspecified atom stereocenters. The Labute approximate surface area is 200 Å². The number of para-hydroxylation sites is 1. The molecule has 0 heterocycles. The minimum Gasteiger partial charge on any atom is -0.339 e. The van der Waals surface area contributed by atoms with Crippen molar-refractivity contribution in [2.24, 2.45) is 0 Å². The maximum absolute atomic E-state index is 12.4. The first kappa shape index (κ1) is 23.1. The van der Waals surface area contributed by atoms with Crippen LogP contribution in [0.4, 0.5) is 5.69 Å². The number of rotatable bonds is 4. The highest BCUT2D eigenvalue weighted by Gasteiger charge is 2.35. The lowest BCUT2D eigenvalue weighted by Crippen LogP contribution is -2.56. The Balaban J connectivity index is 2.11. The highest BCUT2D eigenvalue weighted by Crippen LogP contribution is 2.31. The molecule has 0 fully saturated rings. The smallest absolute Gasteiger partial charge is 0.252 e. The van der Waals surface area contributed by atoms with Crippen LogP contribution < -0.4 is 16.0 Å². The second-order valence-corrected chi connectivity index (χ2v) is 9.99. The van der Waals surface area contributed by atoms with E-state index in [0.717, 1.165) is 3.57 Å². The number of thiocarbonyl (C=S) groups is 1. The van der Waals surface area contributed by atoms with Crippen molar-refractivity contribution in [1.29, 1.82) is 0 Å². The summed E-state index contributed by atoms with van der Waals surface area (Å²) in [5.41, 5.74) is 0.801. The number of hydrogen-bond donors (Lipinski definition) is 3. The van der Waals surface area contributed by atoms with Gasteiger partial charge < -0.3 is 16.0 Å². The SMILES string of the molecule is O=C(NC(NC(=S)Nc1c(Cl)cccc1Cl)C(Cl)(Cl)Cl)c1ccc(I)cc1. The number of halogens is 6. The zero-order valence-corrected chi connectivity index (χ0v) is 20.0. The summed E-state index contributed by atoms with van der Waals surface area (Å²) in [4.78, 5) is 12.4. The number of amides is 1. The molecule has 1 amide bonds. The van der Waals surface area contributed by atoms with Crippen LogP contribution in [0, 0.1) is 3.57 Å². The molecule has 0 aliphatic heterocycles. The summed E-state index contributed by atoms with van der Waals surface area (Å²) in [6.07, 6.45) is -1.12. The van der Waals surface area contributed by atoms with E-state index in [1.807, 2.05) is 0 Å². The molecule has 0 aliphatic rings. The number of alkyl halides is 3. The van der Waals surface area contributed by atoms with E-state index in [-0.39, 0.29) is 5.11 Å². The summed E-state index contributed by atoms with van der Waals surface area (Å²) in [6, 6.07) is 11.9. The van der Waals surface area contributed by atoms with Crippen molar-refractivity contribution >= 4 is 110 Å². The maximum Gasteiger partial charge on any atom is 0.252 e. The Morgan fingerprint density at radius 3 is 2.07 bits per heavy atom. The van der Waals surface area contributed by atoms with E-state index in [9.17, 15) is 4.79 Å². The van der Waals surface area contributed by atoms with Gasteiger partial charge in [-0.2, -0.15) is 0 Å². The average Bonchev–Trinajstić information content (AvgIpc) is 2.57. The summed E-state index contributed by atoms with van der Waals surface area (Å²) in [7, 11) is 0. The fourth-order valence-corrected chi connectivity index (χ4v) is 3.31. The van der Waals surface area contributed by atoms with Crippen molar-refractivity contribution in [3.05, 3.63) is 61.6 Å². The molecular weight excluding hydrogens is 586 g/mol. The van der Waals surface area contributed by atoms with Crippen molar-refractivity contribution in [3.8, 4) is 0 Å². The molecule has 1 atom stereocenters. The molecule has 2 rings (SSSR count). The van der Waals surface area contributed by atoms with Gasteiger partial charge in [0, 0.05) is 9.13 Å². The van der Waals surface area contributed by atoms with Crippen molar-refractivity contribution in [2.75, 3.05) is 5.32 Å². The van der Waals surface area contributed by atoms with Crippen LogP contribution in [0.15, 0.2) is 42.5 Å². The predicted octanol–water partition coefficient (Wildman–Crippen LogP) is 6.01. The third-order valence-corrected chi connectivity index (χ3v) is 5.41. The normalized spacial score (nSPS) is 12.2. The Morgan fingerprint density at radius 1 is 1.00 bits per heavy atom. The summed E-state index contributed by atoms with van der Waals surface area (Å²) >= 11 is 37.5. The summed E-state index contributed by atoms with van der Waals surface area (Å²) in [5, 5.41) is 8.95. The Kier molecular flexibility index (Phi) is 8.54. The van der Waals surface area contributed by atoms with Crippen molar-refractivity contribution in [3.63, 3.8) is 0 Å². The first-order valence-electron chi connectivity index (χ1n) is 7.22. The second-order valence-electron chi connectivity index (χ2n) is 5.15. The van der Waals surface area contributed by atoms with E-state index in [4.69, 9.17) is 70.2 Å². The highest BCUT2D eigenvalue weighted by atomic mass is 127. The van der Waals surface area contributed by atoms with Gasteiger partial charge in [-0.05, 0) is 71.2 Å². The molecule has 0 radical (unpaired) electrons. The van der Waals surface area contributed by atoms with Crippen LogP contribution >= 0.6 is 92.8 Å². The van der Waals surface area contributed by atoms with E-state index < -0.39 is 15.9 Å². The number of carbonyl (C=O) groups is 1. The molecule has 144 valence electrons. The quantitative estimate of drug-likeness (QED) is 0.175. The minimum atomic E-state index is -1.88. The Morgan fingerprint density at radius 2 is 1.56 bits per heavy atom. The van der Waals surface area contributed by atoms with Crippen molar-refractivity contribution < 1.29 is 4.79 Å². The predicted molar refractivity (Wildman–Crippen MR) is 127 cm³/mol. The number of hydrogen-bond acceptors (Lipinski definition) is 2. The lowest BCUT2D eigenvalue weighted by atomic mass is 10.2. The summed E-state index contributed by atoms with van der Waals surface area (Å²) in [6.45, 7) is 0. The molecule has 0 saturated heterocycles. The van der Waals surface area contributed by atoms with Crippen LogP contribution in [0.5, 0.6) is 0 Å². The van der Waals surface area contributed by atoms with E-state index >= 15 is 0 Å². The zero-order valence-electron chi connectivity index (χ0n) is 13.2. The highest BCUT2D eigenvalue weighted by molar-refractivity contribution is 14.1. The fourth-order valence-electron chi connectivity index (χ4n) is 1.91. The van der Waals surface area contributed by atoms with Crippen LogP contribution in [0.1, 0.15) is 10.4 Å². The van der Waals surface area contributed by atoms with E-state index in [0.29, 0.717) is 21.3 Å². The zero-order chi connectivity index (χ0) is 20.2. The average molecular weight is 598 g/mol. The van der Waals surface area contributed by atoms with Crippen LogP contribution in [-0.2, 0) is 0 Å². The fraction of sp³-hybridized carbons (Fsp3) is 0.125. The van der Waals surface area contributed by atoms with Gasteiger partial charge in [-0.3, -0.25) is 4.79 Å². The third kappa shape index (κ3) is 6.96. The third-order valence-electron chi connectivity index (χ3n) is 3.19. The molecule has 0 spiro atoms. The van der Waals surface area contributed by atoms with Gasteiger partial charge in [0.15, 0.2) is 5.11 Å². The minimum absolute atomic E-state index is 0.0595. The first-order valence-corrected chi connectivity index (χ1v) is 10.6. The topological polar surface area (TPSA) is 53.2 Å². The maximum atomic E-state index is 12.4. The molecule has 0 aromatic heterocycles. The molecule has 0 bridgehead atoms. The number of carbonyl (C=O) groups excluding carboxylic acids is 1. The van der Waals surface area contributed by atoms with Gasteiger partial charge in [0.2, 0.25) is 3.79 Å². The Bertz CT molecular complexity index is 825. The monoisotopic (exact) mass is 595 g/mol. The van der Waals surface area contributed by atoms with Crippen LogP contribution in [0.25, 0.3) is 0 Å². The lowest BCUT2D eigenvalue weighted by Gasteiger charge is -2.28. The van der Waals surface area contributed by atoms with Crippen LogP contribution in [0.2, 0.25) is 10.0 Å². The van der Waals surface area contributed by atoms with E-state index in [2.05, 4.69) is 38.5 Å². The molecule has 2 aromatic carbocycles. The summed E-state index contributed by atoms with van der Waals surface area (Å²) in [5.74, 6) is -0.436. The van der Waals surface area contributed by atoms with Crippen LogP contribution in [0.3, 0.4) is 0 Å². The van der Waals surface area contributed by atoms with Gasteiger partial charge in [0.05, 0.1) is 15.7 Å². The van der Waals surface area contributed by atoms with E-state index in [1.165, 1.54) is 0 Å². The molecular formula is C16H11Cl5IN3OS. The first-order chi connectivity index (χ1) is 12.6. The summed E-state index contributed by atoms with van der Waals surface area (Å²) < 4.78 is -0.892. The van der Waals surface area contributed by atoms with Gasteiger partial charge in [-0.1, -0.05) is 64.1 Å². The van der Waals surface area contributed by atoms with E-state index in [1.54, 1.807) is 42.5 Å². The molecule has 2 aromatic rings. The Hall–Kier alpha value is -0.220. The van der Waals surface area contributed by atoms with Crippen molar-refractivity contribution in [1.82, 2.24) is 10.6 Å². The van der Waals surface area contributed by atoms with Gasteiger partial charge in [0.1, 0.15) is 6.17 Å². The van der Waals surface area contributed by atoms with Crippen LogP contribution in [-0.4, -0.2) is 21.0 Å². The molecule has 0 saturated carbocycles. The van der Waals surface area contributed by atoms with Gasteiger partial charge in [0.25, 0.3) is 5.91 Å². The van der Waals surface area contributed by atoms with Gasteiger partial charge in [-0.25, -0.2) is 0 Å². The molecule has 3 N–H and O–H groups in total. The molecule has 0 aliphatic carbocycles. The number of nitrogens with one attached hydrogen (secondary N) is 3. The standard InChI is InChI=1S/C16H11Cl5IN3OS/c17-10-2-1-3-11(18)12(10)23-15(27)25-14(16(19,20)21)24-13(26)8-4-6-9(22)7-5-8/h1-7,14H,(H,24,26)(H2,23,25,27). The van der Waals surface area contributed by atoms with Crippen molar-refractivity contribution in [2.45, 2.75) is 9.96 Å². The molecule has 27 heavy (non-hydrogen) atoms. The van der Waals surface area contributed by atoms with Gasteiger partial charge in [-0.15, -0.1) is 0 Å². The van der Waals surface area contributed by atoms with Gasteiger partial charge >= 0.3 is 0 Å². The second kappa shape index (κ2) is 10.0. The number of anilines is 1. The number of benzene rings is 2. The lowest BCUT2D eigenvalue weighted by molar-refractivity contribution is 0.0934.